The summed E-state index contributed by atoms with van der Waals surface area (Å²) in [6.07, 6.45) is 0.422. The van der Waals surface area contributed by atoms with E-state index < -0.39 is 0 Å². The third-order valence-corrected chi connectivity index (χ3v) is 3.57. The SMILES string of the molecule is C=C(C)COc1ccc(NCC(=O)Nc2ccc(NC(=O)CC)cc2)cc1. The van der Waals surface area contributed by atoms with Gasteiger partial charge in [-0.2, -0.15) is 0 Å². The molecule has 0 radical (unpaired) electrons. The van der Waals surface area contributed by atoms with Crippen molar-refractivity contribution in [3.05, 3.63) is 60.7 Å². The van der Waals surface area contributed by atoms with E-state index in [0.717, 1.165) is 17.0 Å². The third-order valence-electron chi connectivity index (χ3n) is 3.57. The lowest BCUT2D eigenvalue weighted by molar-refractivity contribution is -0.116. The molecule has 2 aromatic carbocycles. The van der Waals surface area contributed by atoms with Gasteiger partial charge in [-0.15, -0.1) is 0 Å². The van der Waals surface area contributed by atoms with Crippen LogP contribution in [0.15, 0.2) is 60.7 Å². The van der Waals surface area contributed by atoms with Crippen LogP contribution in [0, 0.1) is 0 Å². The summed E-state index contributed by atoms with van der Waals surface area (Å²) >= 11 is 0. The molecular weight excluding hydrogens is 342 g/mol. The van der Waals surface area contributed by atoms with Crippen molar-refractivity contribution < 1.29 is 14.3 Å². The van der Waals surface area contributed by atoms with Crippen LogP contribution in [0.5, 0.6) is 5.75 Å². The van der Waals surface area contributed by atoms with Gasteiger partial charge in [-0.25, -0.2) is 0 Å². The zero-order valence-corrected chi connectivity index (χ0v) is 15.7. The molecule has 6 heteroatoms. The van der Waals surface area contributed by atoms with Crippen LogP contribution in [0.4, 0.5) is 17.1 Å². The maximum atomic E-state index is 12.1. The predicted octanol–water partition coefficient (Wildman–Crippen LogP) is 4.04. The number of hydrogen-bond donors (Lipinski definition) is 3. The molecule has 0 atom stereocenters. The quantitative estimate of drug-likeness (QED) is 0.585. The zero-order valence-electron chi connectivity index (χ0n) is 15.7. The largest absolute Gasteiger partial charge is 0.489 e. The first-order chi connectivity index (χ1) is 13.0. The van der Waals surface area contributed by atoms with Gasteiger partial charge in [0.1, 0.15) is 12.4 Å². The number of anilines is 3. The summed E-state index contributed by atoms with van der Waals surface area (Å²) in [6.45, 7) is 8.11. The number of benzene rings is 2. The molecule has 0 heterocycles. The fraction of sp³-hybridized carbons (Fsp3) is 0.238. The molecule has 6 nitrogen and oxygen atoms in total. The number of nitrogens with one attached hydrogen (secondary N) is 3. The highest BCUT2D eigenvalue weighted by Gasteiger charge is 2.04. The van der Waals surface area contributed by atoms with Gasteiger partial charge < -0.3 is 20.7 Å². The fourth-order valence-corrected chi connectivity index (χ4v) is 2.15. The van der Waals surface area contributed by atoms with Gasteiger partial charge in [0.2, 0.25) is 11.8 Å². The van der Waals surface area contributed by atoms with Crippen molar-refractivity contribution in [1.82, 2.24) is 0 Å². The van der Waals surface area contributed by atoms with E-state index in [-0.39, 0.29) is 18.4 Å². The monoisotopic (exact) mass is 367 g/mol. The average Bonchev–Trinajstić information content (AvgIpc) is 2.67. The number of hydrogen-bond acceptors (Lipinski definition) is 4. The van der Waals surface area contributed by atoms with Crippen molar-refractivity contribution in [2.24, 2.45) is 0 Å². The van der Waals surface area contributed by atoms with Crippen LogP contribution in [0.1, 0.15) is 20.3 Å². The van der Waals surface area contributed by atoms with E-state index in [1.54, 1.807) is 31.2 Å². The lowest BCUT2D eigenvalue weighted by atomic mass is 10.2. The molecule has 2 aromatic rings. The summed E-state index contributed by atoms with van der Waals surface area (Å²) < 4.78 is 5.53. The van der Waals surface area contributed by atoms with Crippen molar-refractivity contribution in [3.63, 3.8) is 0 Å². The molecule has 0 aliphatic carbocycles. The molecule has 27 heavy (non-hydrogen) atoms. The minimum absolute atomic E-state index is 0.0490. The van der Waals surface area contributed by atoms with Crippen LogP contribution in [-0.4, -0.2) is 25.0 Å². The maximum Gasteiger partial charge on any atom is 0.243 e. The average molecular weight is 367 g/mol. The molecule has 0 fully saturated rings. The molecule has 0 aromatic heterocycles. The lowest BCUT2D eigenvalue weighted by Gasteiger charge is -2.10. The fourth-order valence-electron chi connectivity index (χ4n) is 2.15. The first kappa shape index (κ1) is 20.0. The van der Waals surface area contributed by atoms with Gasteiger partial charge in [-0.3, -0.25) is 9.59 Å². The topological polar surface area (TPSA) is 79.5 Å². The molecule has 0 aliphatic rings. The number of carbonyl (C=O) groups is 2. The third kappa shape index (κ3) is 7.23. The zero-order chi connectivity index (χ0) is 19.6. The Morgan fingerprint density at radius 3 is 1.93 bits per heavy atom. The van der Waals surface area contributed by atoms with Crippen molar-refractivity contribution in [2.75, 3.05) is 29.1 Å². The maximum absolute atomic E-state index is 12.1. The molecule has 0 spiro atoms. The summed E-state index contributed by atoms with van der Waals surface area (Å²) in [7, 11) is 0. The molecule has 0 aliphatic heterocycles. The van der Waals surface area contributed by atoms with Crippen molar-refractivity contribution in [2.45, 2.75) is 20.3 Å². The molecular formula is C21H25N3O3. The minimum atomic E-state index is -0.164. The lowest BCUT2D eigenvalue weighted by Crippen LogP contribution is -2.21. The van der Waals surface area contributed by atoms with E-state index in [1.807, 2.05) is 31.2 Å². The van der Waals surface area contributed by atoms with E-state index in [4.69, 9.17) is 4.74 Å². The Bertz CT molecular complexity index is 783. The van der Waals surface area contributed by atoms with Gasteiger partial charge in [0.15, 0.2) is 0 Å². The molecule has 142 valence electrons. The standard InChI is InChI=1S/C21H25N3O3/c1-4-20(25)23-17-5-7-18(8-6-17)24-21(26)13-22-16-9-11-19(12-10-16)27-14-15(2)3/h5-12,22H,2,4,13-14H2,1,3H3,(H,23,25)(H,24,26). The highest BCUT2D eigenvalue weighted by Crippen LogP contribution is 2.17. The highest BCUT2D eigenvalue weighted by atomic mass is 16.5. The van der Waals surface area contributed by atoms with E-state index in [0.29, 0.717) is 24.4 Å². The van der Waals surface area contributed by atoms with E-state index >= 15 is 0 Å². The summed E-state index contributed by atoms with van der Waals surface area (Å²) in [6, 6.07) is 14.4. The minimum Gasteiger partial charge on any atom is -0.489 e. The molecule has 0 saturated carbocycles. The van der Waals surface area contributed by atoms with Crippen LogP contribution in [0.25, 0.3) is 0 Å². The predicted molar refractivity (Wildman–Crippen MR) is 109 cm³/mol. The van der Waals surface area contributed by atoms with Crippen molar-refractivity contribution in [1.29, 1.82) is 0 Å². The van der Waals surface area contributed by atoms with Crippen LogP contribution >= 0.6 is 0 Å². The van der Waals surface area contributed by atoms with E-state index in [9.17, 15) is 9.59 Å². The Morgan fingerprint density at radius 2 is 1.41 bits per heavy atom. The molecule has 3 N–H and O–H groups in total. The van der Waals surface area contributed by atoms with Crippen LogP contribution in [-0.2, 0) is 9.59 Å². The normalized spacial score (nSPS) is 10.0. The number of rotatable bonds is 9. The van der Waals surface area contributed by atoms with E-state index in [1.165, 1.54) is 0 Å². The van der Waals surface area contributed by atoms with Gasteiger partial charge in [0, 0.05) is 23.5 Å². The van der Waals surface area contributed by atoms with Gasteiger partial charge in [-0.05, 0) is 61.0 Å². The highest BCUT2D eigenvalue weighted by molar-refractivity contribution is 5.94. The van der Waals surface area contributed by atoms with Gasteiger partial charge >= 0.3 is 0 Å². The summed E-state index contributed by atoms with van der Waals surface area (Å²) in [4.78, 5) is 23.4. The summed E-state index contributed by atoms with van der Waals surface area (Å²) in [5, 5.41) is 8.62. The second-order valence-electron chi connectivity index (χ2n) is 6.15. The van der Waals surface area contributed by atoms with Gasteiger partial charge in [-0.1, -0.05) is 13.5 Å². The summed E-state index contributed by atoms with van der Waals surface area (Å²) in [5.74, 6) is 0.540. The van der Waals surface area contributed by atoms with Crippen molar-refractivity contribution >= 4 is 28.9 Å². The molecule has 0 bridgehead atoms. The summed E-state index contributed by atoms with van der Waals surface area (Å²) in [5.41, 5.74) is 3.15. The van der Waals surface area contributed by atoms with Crippen molar-refractivity contribution in [3.8, 4) is 5.75 Å². The Labute approximate surface area is 159 Å². The number of carbonyl (C=O) groups excluding carboxylic acids is 2. The molecule has 0 saturated heterocycles. The number of ether oxygens (including phenoxy) is 1. The Kier molecular flexibility index (Phi) is 7.43. The van der Waals surface area contributed by atoms with Crippen LogP contribution < -0.4 is 20.7 Å². The number of amides is 2. The first-order valence-electron chi connectivity index (χ1n) is 8.77. The van der Waals surface area contributed by atoms with Crippen LogP contribution in [0.3, 0.4) is 0 Å². The Balaban J connectivity index is 1.78. The second-order valence-corrected chi connectivity index (χ2v) is 6.15. The molecule has 2 rings (SSSR count). The van der Waals surface area contributed by atoms with Crippen LogP contribution in [0.2, 0.25) is 0 Å². The molecule has 0 unspecified atom stereocenters. The second kappa shape index (κ2) is 10.0. The van der Waals surface area contributed by atoms with Gasteiger partial charge in [0.25, 0.3) is 0 Å². The Hall–Kier alpha value is -3.28. The molecule has 2 amide bonds. The van der Waals surface area contributed by atoms with E-state index in [2.05, 4.69) is 22.5 Å². The smallest absolute Gasteiger partial charge is 0.243 e. The Morgan fingerprint density at radius 1 is 0.889 bits per heavy atom. The first-order valence-corrected chi connectivity index (χ1v) is 8.77. The van der Waals surface area contributed by atoms with Gasteiger partial charge in [0.05, 0.1) is 6.54 Å².